The van der Waals surface area contributed by atoms with Crippen LogP contribution in [0.4, 0.5) is 22.1 Å². The van der Waals surface area contributed by atoms with Crippen LogP contribution in [0.2, 0.25) is 0 Å². The number of benzene rings is 3. The normalized spacial score (nSPS) is 10.8. The number of amides is 2. The van der Waals surface area contributed by atoms with E-state index in [1.165, 1.54) is 12.0 Å². The molecule has 1 aromatic heterocycles. The zero-order chi connectivity index (χ0) is 34.6. The molecule has 0 radical (unpaired) electrons. The quantitative estimate of drug-likeness (QED) is 0.131. The van der Waals surface area contributed by atoms with Crippen LogP contribution in [0.1, 0.15) is 47.2 Å². The fourth-order valence-corrected chi connectivity index (χ4v) is 5.06. The van der Waals surface area contributed by atoms with Gasteiger partial charge in [0.15, 0.2) is 0 Å². The molecule has 48 heavy (non-hydrogen) atoms. The van der Waals surface area contributed by atoms with Crippen molar-refractivity contribution in [3.05, 3.63) is 83.4 Å². The third-order valence-corrected chi connectivity index (χ3v) is 8.02. The van der Waals surface area contributed by atoms with Crippen molar-refractivity contribution in [3.8, 4) is 28.6 Å². The van der Waals surface area contributed by atoms with Crippen molar-refractivity contribution in [2.75, 3.05) is 58.7 Å². The van der Waals surface area contributed by atoms with E-state index in [1.54, 1.807) is 62.7 Å². The predicted molar refractivity (Wildman–Crippen MR) is 190 cm³/mol. The topological polar surface area (TPSA) is 118 Å². The molecule has 2 amide bonds. The van der Waals surface area contributed by atoms with E-state index in [-0.39, 0.29) is 17.7 Å². The first-order valence-corrected chi connectivity index (χ1v) is 16.0. The number of methoxy groups -OCH3 is 2. The highest BCUT2D eigenvalue weighted by molar-refractivity contribution is 5.94. The van der Waals surface area contributed by atoms with E-state index in [4.69, 9.17) is 19.2 Å². The Morgan fingerprint density at radius 3 is 2.29 bits per heavy atom. The molecule has 4 aromatic rings. The van der Waals surface area contributed by atoms with Gasteiger partial charge in [0.25, 0.3) is 5.91 Å². The van der Waals surface area contributed by atoms with Crippen LogP contribution in [-0.4, -0.2) is 75.3 Å². The van der Waals surface area contributed by atoms with Crippen molar-refractivity contribution in [3.63, 3.8) is 0 Å². The third-order valence-electron chi connectivity index (χ3n) is 8.02. The number of nitrogens with zero attached hydrogens (tertiary/aromatic N) is 4. The van der Waals surface area contributed by atoms with Gasteiger partial charge in [0, 0.05) is 42.5 Å². The van der Waals surface area contributed by atoms with E-state index in [0.29, 0.717) is 40.7 Å². The molecular formula is C37H46N6O5. The van der Waals surface area contributed by atoms with Gasteiger partial charge in [-0.1, -0.05) is 31.0 Å². The number of nitrogens with one attached hydrogen (secondary N) is 2. The van der Waals surface area contributed by atoms with Crippen LogP contribution < -0.4 is 29.7 Å². The zero-order valence-electron chi connectivity index (χ0n) is 28.9. The monoisotopic (exact) mass is 654 g/mol. The molecule has 11 heteroatoms. The lowest BCUT2D eigenvalue weighted by Gasteiger charge is -2.20. The van der Waals surface area contributed by atoms with Crippen molar-refractivity contribution >= 4 is 29.3 Å². The lowest BCUT2D eigenvalue weighted by Crippen LogP contribution is -2.30. The number of rotatable bonds is 15. The maximum absolute atomic E-state index is 13.4. The Morgan fingerprint density at radius 1 is 0.833 bits per heavy atom. The Bertz CT molecular complexity index is 1690. The van der Waals surface area contributed by atoms with Crippen LogP contribution in [0.25, 0.3) is 11.3 Å². The molecule has 0 atom stereocenters. The minimum absolute atomic E-state index is 0.0554. The van der Waals surface area contributed by atoms with Gasteiger partial charge in [-0.2, -0.15) is 4.98 Å². The number of hydrogen-bond acceptors (Lipinski definition) is 9. The Labute approximate surface area is 283 Å². The van der Waals surface area contributed by atoms with Crippen LogP contribution in [0.3, 0.4) is 0 Å². The zero-order valence-corrected chi connectivity index (χ0v) is 28.9. The standard InChI is InChI=1S/C37H46N6O5/c1-25-13-12-14-30(26(25)2)31-24-34(48-37(45)43(5)32-23-29(46-6)19-20-33(32)47-7)41-36(40-31)39-28-17-15-27(16-18-28)35(44)38-21-10-8-9-11-22-42(3)4/h12-20,23-24H,8-11,21-22H2,1-7H3,(H,38,44)(H,39,40,41). The summed E-state index contributed by atoms with van der Waals surface area (Å²) in [6.45, 7) is 5.77. The number of hydrogen-bond donors (Lipinski definition) is 2. The molecular weight excluding hydrogens is 608 g/mol. The largest absolute Gasteiger partial charge is 0.497 e. The molecule has 0 aliphatic carbocycles. The number of aromatic nitrogens is 2. The minimum atomic E-state index is -0.679. The molecule has 0 bridgehead atoms. The SMILES string of the molecule is COc1ccc(OC)c(N(C)C(=O)Oc2cc(-c3cccc(C)c3C)nc(Nc3ccc(C(=O)NCCCCCCN(C)C)cc3)n2)c1. The Hall–Kier alpha value is -5.16. The fourth-order valence-electron chi connectivity index (χ4n) is 5.06. The van der Waals surface area contributed by atoms with Gasteiger partial charge in [0.05, 0.1) is 25.6 Å². The molecule has 2 N–H and O–H groups in total. The highest BCUT2D eigenvalue weighted by Gasteiger charge is 2.21. The predicted octanol–water partition coefficient (Wildman–Crippen LogP) is 7.01. The second-order valence-corrected chi connectivity index (χ2v) is 11.8. The van der Waals surface area contributed by atoms with Gasteiger partial charge in [0.1, 0.15) is 11.5 Å². The van der Waals surface area contributed by atoms with Gasteiger partial charge in [0.2, 0.25) is 11.8 Å². The molecule has 0 saturated heterocycles. The van der Waals surface area contributed by atoms with Gasteiger partial charge in [-0.25, -0.2) is 9.78 Å². The van der Waals surface area contributed by atoms with E-state index in [0.717, 1.165) is 48.9 Å². The molecule has 0 aliphatic rings. The van der Waals surface area contributed by atoms with Crippen LogP contribution in [0, 0.1) is 13.8 Å². The second kappa shape index (κ2) is 17.1. The summed E-state index contributed by atoms with van der Waals surface area (Å²) in [4.78, 5) is 38.8. The maximum atomic E-state index is 13.4. The van der Waals surface area contributed by atoms with Gasteiger partial charge in [-0.05, 0) is 94.9 Å². The molecule has 11 nitrogen and oxygen atoms in total. The number of anilines is 3. The van der Waals surface area contributed by atoms with Gasteiger partial charge >= 0.3 is 6.09 Å². The number of ether oxygens (including phenoxy) is 3. The highest BCUT2D eigenvalue weighted by atomic mass is 16.6. The van der Waals surface area contributed by atoms with Gasteiger partial charge in [-0.3, -0.25) is 9.69 Å². The summed E-state index contributed by atoms with van der Waals surface area (Å²) in [5, 5.41) is 6.20. The second-order valence-electron chi connectivity index (χ2n) is 11.8. The summed E-state index contributed by atoms with van der Waals surface area (Å²) >= 11 is 0. The number of carbonyl (C=O) groups is 2. The first-order chi connectivity index (χ1) is 23.1. The maximum Gasteiger partial charge on any atom is 0.420 e. The highest BCUT2D eigenvalue weighted by Crippen LogP contribution is 2.33. The van der Waals surface area contributed by atoms with Crippen molar-refractivity contribution in [1.82, 2.24) is 20.2 Å². The van der Waals surface area contributed by atoms with Gasteiger partial charge < -0.3 is 29.7 Å². The molecule has 0 unspecified atom stereocenters. The van der Waals surface area contributed by atoms with E-state index < -0.39 is 6.09 Å². The lowest BCUT2D eigenvalue weighted by molar-refractivity contribution is 0.0953. The molecule has 1 heterocycles. The first kappa shape index (κ1) is 35.7. The van der Waals surface area contributed by atoms with Crippen LogP contribution in [-0.2, 0) is 0 Å². The Balaban J connectivity index is 1.50. The van der Waals surface area contributed by atoms with Crippen molar-refractivity contribution in [2.45, 2.75) is 39.5 Å². The number of aryl methyl sites for hydroxylation is 1. The van der Waals surface area contributed by atoms with Crippen LogP contribution in [0.5, 0.6) is 17.4 Å². The molecule has 254 valence electrons. The van der Waals surface area contributed by atoms with Crippen molar-refractivity contribution < 1.29 is 23.8 Å². The van der Waals surface area contributed by atoms with Crippen LogP contribution in [0.15, 0.2) is 66.7 Å². The molecule has 0 aliphatic heterocycles. The number of carbonyl (C=O) groups excluding carboxylic acids is 2. The summed E-state index contributed by atoms with van der Waals surface area (Å²) in [6.07, 6.45) is 3.66. The molecule has 0 spiro atoms. The lowest BCUT2D eigenvalue weighted by atomic mass is 10.0. The Kier molecular flexibility index (Phi) is 12.7. The molecule has 0 fully saturated rings. The smallest absolute Gasteiger partial charge is 0.420 e. The first-order valence-electron chi connectivity index (χ1n) is 16.0. The van der Waals surface area contributed by atoms with Gasteiger partial charge in [-0.15, -0.1) is 0 Å². The summed E-state index contributed by atoms with van der Waals surface area (Å²) < 4.78 is 16.6. The molecule has 3 aromatic carbocycles. The van der Waals surface area contributed by atoms with Crippen molar-refractivity contribution in [1.29, 1.82) is 0 Å². The minimum Gasteiger partial charge on any atom is -0.497 e. The third kappa shape index (κ3) is 9.68. The van der Waals surface area contributed by atoms with E-state index >= 15 is 0 Å². The summed E-state index contributed by atoms with van der Waals surface area (Å²) in [5.74, 6) is 1.20. The Morgan fingerprint density at radius 2 is 1.58 bits per heavy atom. The van der Waals surface area contributed by atoms with E-state index in [1.807, 2.05) is 32.0 Å². The fraction of sp³-hybridized carbons (Fsp3) is 0.351. The average molecular weight is 655 g/mol. The summed E-state index contributed by atoms with van der Waals surface area (Å²) in [6, 6.07) is 19.8. The summed E-state index contributed by atoms with van der Waals surface area (Å²) in [7, 11) is 8.81. The molecule has 4 rings (SSSR count). The summed E-state index contributed by atoms with van der Waals surface area (Å²) in [5.41, 5.74) is 5.29. The van der Waals surface area contributed by atoms with Crippen molar-refractivity contribution in [2.24, 2.45) is 0 Å². The molecule has 0 saturated carbocycles. The number of unbranched alkanes of at least 4 members (excludes halogenated alkanes) is 3. The van der Waals surface area contributed by atoms with Crippen LogP contribution >= 0.6 is 0 Å². The average Bonchev–Trinajstić information content (AvgIpc) is 3.08. The van der Waals surface area contributed by atoms with E-state index in [9.17, 15) is 9.59 Å². The van der Waals surface area contributed by atoms with E-state index in [2.05, 4.69) is 34.6 Å².